The highest BCUT2D eigenvalue weighted by atomic mass is 19.1. The standard InChI is InChI=1S/C25H32FN5O3/c1-15(2)13-31(17-6-4-3-5-7-17)23-10-21(26)19(18-8-20(18)24(32)33)9-22(23)30-25(34)29-16-11-27-14-28-12-16/h9-12,14-15,17-18,20H,3-8,13H2,1-2H3,(H,32,33)(H2,29,30,34)/t18-,20-/m0/s1. The molecule has 0 unspecified atom stereocenters. The van der Waals surface area contributed by atoms with Gasteiger partial charge in [-0.25, -0.2) is 19.2 Å². The summed E-state index contributed by atoms with van der Waals surface area (Å²) in [4.78, 5) is 34.2. The van der Waals surface area contributed by atoms with E-state index in [2.05, 4.69) is 39.3 Å². The number of carboxylic acids is 1. The van der Waals surface area contributed by atoms with Crippen LogP contribution in [0.15, 0.2) is 30.9 Å². The van der Waals surface area contributed by atoms with Crippen LogP contribution < -0.4 is 15.5 Å². The average molecular weight is 470 g/mol. The van der Waals surface area contributed by atoms with E-state index in [1.54, 1.807) is 6.07 Å². The van der Waals surface area contributed by atoms with Gasteiger partial charge in [0.1, 0.15) is 12.1 Å². The molecule has 2 atom stereocenters. The van der Waals surface area contributed by atoms with E-state index >= 15 is 4.39 Å². The molecule has 9 heteroatoms. The number of carbonyl (C=O) groups excluding carboxylic acids is 1. The summed E-state index contributed by atoms with van der Waals surface area (Å²) in [6.07, 6.45) is 10.2. The number of anilines is 3. The van der Waals surface area contributed by atoms with Crippen LogP contribution in [-0.4, -0.2) is 39.7 Å². The van der Waals surface area contributed by atoms with Crippen molar-refractivity contribution < 1.29 is 19.1 Å². The number of benzene rings is 1. The molecule has 2 aliphatic carbocycles. The molecule has 2 saturated carbocycles. The van der Waals surface area contributed by atoms with Crippen LogP contribution in [0.3, 0.4) is 0 Å². The molecule has 34 heavy (non-hydrogen) atoms. The van der Waals surface area contributed by atoms with E-state index in [0.717, 1.165) is 32.2 Å². The molecular weight excluding hydrogens is 437 g/mol. The van der Waals surface area contributed by atoms with E-state index in [9.17, 15) is 14.7 Å². The monoisotopic (exact) mass is 469 g/mol. The fourth-order valence-electron chi connectivity index (χ4n) is 4.89. The Hall–Kier alpha value is -3.23. The second-order valence-corrected chi connectivity index (χ2v) is 9.72. The van der Waals surface area contributed by atoms with E-state index in [-0.39, 0.29) is 12.0 Å². The number of nitrogens with zero attached hydrogens (tertiary/aromatic N) is 3. The molecule has 0 radical (unpaired) electrons. The molecule has 2 amide bonds. The minimum atomic E-state index is -0.923. The topological polar surface area (TPSA) is 107 Å². The molecule has 8 nitrogen and oxygen atoms in total. The third-order valence-corrected chi connectivity index (χ3v) is 6.58. The number of carboxylic acid groups (broad SMARTS) is 1. The molecule has 4 rings (SSSR count). The Labute approximate surface area is 199 Å². The van der Waals surface area contributed by atoms with Crippen molar-refractivity contribution in [3.63, 3.8) is 0 Å². The molecule has 3 N–H and O–H groups in total. The van der Waals surface area contributed by atoms with Gasteiger partial charge in [0.15, 0.2) is 0 Å². The predicted molar refractivity (Wildman–Crippen MR) is 129 cm³/mol. The molecule has 1 aromatic carbocycles. The highest BCUT2D eigenvalue weighted by Crippen LogP contribution is 2.50. The first-order valence-electron chi connectivity index (χ1n) is 12.0. The number of rotatable bonds is 8. The largest absolute Gasteiger partial charge is 0.481 e. The van der Waals surface area contributed by atoms with E-state index in [4.69, 9.17) is 0 Å². The van der Waals surface area contributed by atoms with Crippen LogP contribution in [-0.2, 0) is 4.79 Å². The normalized spacial score (nSPS) is 20.1. The molecule has 0 aliphatic heterocycles. The molecule has 2 aliphatic rings. The minimum Gasteiger partial charge on any atom is -0.481 e. The van der Waals surface area contributed by atoms with Crippen LogP contribution in [0, 0.1) is 17.7 Å². The summed E-state index contributed by atoms with van der Waals surface area (Å²) in [6.45, 7) is 4.97. The summed E-state index contributed by atoms with van der Waals surface area (Å²) in [7, 11) is 0. The van der Waals surface area contributed by atoms with Crippen LogP contribution >= 0.6 is 0 Å². The maximum absolute atomic E-state index is 15.3. The van der Waals surface area contributed by atoms with E-state index in [1.165, 1.54) is 31.2 Å². The van der Waals surface area contributed by atoms with Crippen molar-refractivity contribution in [2.45, 2.75) is 64.3 Å². The molecule has 0 saturated heterocycles. The molecule has 0 bridgehead atoms. The Bertz CT molecular complexity index is 1030. The van der Waals surface area contributed by atoms with Gasteiger partial charge in [-0.3, -0.25) is 4.79 Å². The summed E-state index contributed by atoms with van der Waals surface area (Å²) >= 11 is 0. The first kappa shape index (κ1) is 23.9. The Kier molecular flexibility index (Phi) is 7.29. The lowest BCUT2D eigenvalue weighted by Gasteiger charge is -2.38. The zero-order valence-electron chi connectivity index (χ0n) is 19.6. The number of hydrogen-bond donors (Lipinski definition) is 3. The van der Waals surface area contributed by atoms with E-state index in [1.807, 2.05) is 0 Å². The second-order valence-electron chi connectivity index (χ2n) is 9.72. The maximum atomic E-state index is 15.3. The summed E-state index contributed by atoms with van der Waals surface area (Å²) in [6, 6.07) is 2.87. The van der Waals surface area contributed by atoms with E-state index < -0.39 is 23.7 Å². The fourth-order valence-corrected chi connectivity index (χ4v) is 4.89. The van der Waals surface area contributed by atoms with Crippen LogP contribution in [0.25, 0.3) is 0 Å². The Morgan fingerprint density at radius 3 is 2.47 bits per heavy atom. The lowest BCUT2D eigenvalue weighted by Crippen LogP contribution is -2.40. The van der Waals surface area contributed by atoms with Crippen LogP contribution in [0.5, 0.6) is 0 Å². The van der Waals surface area contributed by atoms with Gasteiger partial charge in [-0.2, -0.15) is 0 Å². The van der Waals surface area contributed by atoms with Gasteiger partial charge in [-0.15, -0.1) is 0 Å². The first-order chi connectivity index (χ1) is 16.3. The Morgan fingerprint density at radius 1 is 1.15 bits per heavy atom. The number of aromatic nitrogens is 2. The first-order valence-corrected chi connectivity index (χ1v) is 12.0. The van der Waals surface area contributed by atoms with Crippen molar-refractivity contribution in [1.29, 1.82) is 0 Å². The van der Waals surface area contributed by atoms with Crippen molar-refractivity contribution in [2.75, 3.05) is 22.1 Å². The smallest absolute Gasteiger partial charge is 0.323 e. The highest BCUT2D eigenvalue weighted by Gasteiger charge is 2.46. The number of carbonyl (C=O) groups is 2. The van der Waals surface area contributed by atoms with Gasteiger partial charge in [0.05, 0.1) is 35.4 Å². The molecule has 2 fully saturated rings. The average Bonchev–Trinajstić information content (AvgIpc) is 3.61. The SMILES string of the molecule is CC(C)CN(c1cc(F)c([C@@H]2C[C@@H]2C(=O)O)cc1NC(=O)Nc1cncnc1)C1CCCCC1. The number of urea groups is 1. The molecule has 0 spiro atoms. The van der Waals surface area contributed by atoms with Gasteiger partial charge < -0.3 is 20.6 Å². The van der Waals surface area contributed by atoms with Gasteiger partial charge in [0.2, 0.25) is 0 Å². The van der Waals surface area contributed by atoms with Gasteiger partial charge in [0.25, 0.3) is 0 Å². The number of aliphatic carboxylic acids is 1. The van der Waals surface area contributed by atoms with Crippen LogP contribution in [0.1, 0.15) is 63.9 Å². The molecule has 182 valence electrons. The number of amides is 2. The third kappa shape index (κ3) is 5.63. The van der Waals surface area contributed by atoms with Crippen LogP contribution in [0.4, 0.5) is 26.2 Å². The van der Waals surface area contributed by atoms with Gasteiger partial charge >= 0.3 is 12.0 Å². The third-order valence-electron chi connectivity index (χ3n) is 6.58. The quantitative estimate of drug-likeness (QED) is 0.488. The van der Waals surface area contributed by atoms with Crippen molar-refractivity contribution in [2.24, 2.45) is 11.8 Å². The molecule has 2 aromatic rings. The van der Waals surface area contributed by atoms with Crippen molar-refractivity contribution >= 4 is 29.1 Å². The van der Waals surface area contributed by atoms with Crippen molar-refractivity contribution in [3.8, 4) is 0 Å². The summed E-state index contributed by atoms with van der Waals surface area (Å²) in [5, 5.41) is 14.9. The molecule has 1 heterocycles. The zero-order valence-corrected chi connectivity index (χ0v) is 19.6. The number of halogens is 1. The van der Waals surface area contributed by atoms with Gasteiger partial charge in [0, 0.05) is 18.5 Å². The second kappa shape index (κ2) is 10.4. The highest BCUT2D eigenvalue weighted by molar-refractivity contribution is 6.02. The lowest BCUT2D eigenvalue weighted by molar-refractivity contribution is -0.138. The van der Waals surface area contributed by atoms with Crippen molar-refractivity contribution in [1.82, 2.24) is 9.97 Å². The summed E-state index contributed by atoms with van der Waals surface area (Å²) in [5.74, 6) is -1.98. The number of hydrogen-bond acceptors (Lipinski definition) is 5. The summed E-state index contributed by atoms with van der Waals surface area (Å²) in [5.41, 5.74) is 1.88. The minimum absolute atomic E-state index is 0.264. The lowest BCUT2D eigenvalue weighted by atomic mass is 9.92. The zero-order chi connectivity index (χ0) is 24.2. The Morgan fingerprint density at radius 2 is 1.85 bits per heavy atom. The predicted octanol–water partition coefficient (Wildman–Crippen LogP) is 5.24. The van der Waals surface area contributed by atoms with Gasteiger partial charge in [-0.05, 0) is 42.9 Å². The van der Waals surface area contributed by atoms with Crippen LogP contribution in [0.2, 0.25) is 0 Å². The fraction of sp³-hybridized carbons (Fsp3) is 0.520. The summed E-state index contributed by atoms with van der Waals surface area (Å²) < 4.78 is 15.3. The molecule has 1 aromatic heterocycles. The van der Waals surface area contributed by atoms with Crippen molar-refractivity contribution in [3.05, 3.63) is 42.2 Å². The van der Waals surface area contributed by atoms with Gasteiger partial charge in [-0.1, -0.05) is 33.1 Å². The van der Waals surface area contributed by atoms with E-state index in [0.29, 0.717) is 35.0 Å². The number of nitrogens with one attached hydrogen (secondary N) is 2. The maximum Gasteiger partial charge on any atom is 0.323 e. The Balaban J connectivity index is 1.68. The molecular formula is C25H32FN5O3.